The number of carboxylic acids is 1. The summed E-state index contributed by atoms with van der Waals surface area (Å²) in [5.41, 5.74) is 1.28. The van der Waals surface area contributed by atoms with Crippen molar-refractivity contribution in [3.05, 3.63) is 47.7 Å². The van der Waals surface area contributed by atoms with E-state index in [0.717, 1.165) is 43.1 Å². The normalized spacial score (nSPS) is 14.5. The Morgan fingerprint density at radius 1 is 1.25 bits per heavy atom. The maximum absolute atomic E-state index is 11.1. The first-order valence-electron chi connectivity index (χ1n) is 9.58. The second-order valence-electron chi connectivity index (χ2n) is 6.74. The molecule has 0 radical (unpaired) electrons. The summed E-state index contributed by atoms with van der Waals surface area (Å²) in [4.78, 5) is 17.8. The van der Waals surface area contributed by atoms with Crippen LogP contribution in [0.5, 0.6) is 11.5 Å². The van der Waals surface area contributed by atoms with Gasteiger partial charge >= 0.3 is 5.97 Å². The molecule has 2 heterocycles. The summed E-state index contributed by atoms with van der Waals surface area (Å²) in [6.07, 6.45) is 3.44. The average molecular weight is 385 g/mol. The van der Waals surface area contributed by atoms with Gasteiger partial charge in [0.05, 0.1) is 19.3 Å². The van der Waals surface area contributed by atoms with E-state index in [1.807, 2.05) is 25.1 Å². The number of rotatable bonds is 8. The Labute approximate surface area is 165 Å². The van der Waals surface area contributed by atoms with E-state index in [1.54, 1.807) is 19.2 Å². The first kappa shape index (κ1) is 19.9. The average Bonchev–Trinajstić information content (AvgIpc) is 2.73. The molecule has 0 amide bonds. The second-order valence-corrected chi connectivity index (χ2v) is 6.74. The van der Waals surface area contributed by atoms with E-state index in [9.17, 15) is 4.79 Å². The highest BCUT2D eigenvalue weighted by Crippen LogP contribution is 2.30. The van der Waals surface area contributed by atoms with Crippen LogP contribution in [0.2, 0.25) is 0 Å². The Hall–Kier alpha value is -2.80. The van der Waals surface area contributed by atoms with Crippen LogP contribution >= 0.6 is 0 Å². The lowest BCUT2D eigenvalue weighted by Crippen LogP contribution is -2.43. The molecule has 150 valence electrons. The highest BCUT2D eigenvalue weighted by atomic mass is 16.5. The lowest BCUT2D eigenvalue weighted by molar-refractivity contribution is 0.0696. The zero-order chi connectivity index (χ0) is 19.9. The molecule has 1 aromatic carbocycles. The van der Waals surface area contributed by atoms with Gasteiger partial charge in [0.1, 0.15) is 5.82 Å². The number of ether oxygens (including phenoxy) is 2. The molecule has 1 aromatic heterocycles. The van der Waals surface area contributed by atoms with Crippen LogP contribution in [-0.2, 0) is 6.54 Å². The van der Waals surface area contributed by atoms with Crippen molar-refractivity contribution in [2.45, 2.75) is 32.4 Å². The van der Waals surface area contributed by atoms with Crippen LogP contribution in [0.4, 0.5) is 5.82 Å². The monoisotopic (exact) mass is 385 g/mol. The molecule has 2 aromatic rings. The minimum absolute atomic E-state index is 0.192. The fourth-order valence-corrected chi connectivity index (χ4v) is 3.48. The first-order valence-corrected chi connectivity index (χ1v) is 9.58. The summed E-state index contributed by atoms with van der Waals surface area (Å²) in [6, 6.07) is 9.68. The summed E-state index contributed by atoms with van der Waals surface area (Å²) in [6.45, 7) is 5.09. The predicted octanol–water partition coefficient (Wildman–Crippen LogP) is 2.95. The molecule has 1 aliphatic heterocycles. The number of aromatic carboxylic acids is 1. The molecule has 1 saturated heterocycles. The van der Waals surface area contributed by atoms with Gasteiger partial charge in [-0.2, -0.15) is 0 Å². The van der Waals surface area contributed by atoms with Crippen LogP contribution in [0.3, 0.4) is 0 Å². The van der Waals surface area contributed by atoms with E-state index in [0.29, 0.717) is 24.9 Å². The fraction of sp³-hybridized carbons (Fsp3) is 0.429. The van der Waals surface area contributed by atoms with Gasteiger partial charge in [-0.05, 0) is 62.7 Å². The Balaban J connectivity index is 1.88. The molecule has 28 heavy (non-hydrogen) atoms. The van der Waals surface area contributed by atoms with Crippen molar-refractivity contribution >= 4 is 11.8 Å². The highest BCUT2D eigenvalue weighted by molar-refractivity contribution is 5.87. The molecule has 3 rings (SSSR count). The lowest BCUT2D eigenvalue weighted by Gasteiger charge is -2.36. The van der Waals surface area contributed by atoms with E-state index in [2.05, 4.69) is 15.2 Å². The molecule has 7 heteroatoms. The van der Waals surface area contributed by atoms with Crippen molar-refractivity contribution < 1.29 is 19.4 Å². The van der Waals surface area contributed by atoms with Crippen LogP contribution < -0.4 is 19.7 Å². The van der Waals surface area contributed by atoms with Crippen molar-refractivity contribution in [3.8, 4) is 11.5 Å². The third kappa shape index (κ3) is 4.72. The van der Waals surface area contributed by atoms with Crippen LogP contribution in [0.15, 0.2) is 36.5 Å². The van der Waals surface area contributed by atoms with Crippen LogP contribution in [0.25, 0.3) is 0 Å². The molecule has 0 aliphatic carbocycles. The van der Waals surface area contributed by atoms with Crippen molar-refractivity contribution in [3.63, 3.8) is 0 Å². The van der Waals surface area contributed by atoms with Gasteiger partial charge in [-0.1, -0.05) is 6.07 Å². The Kier molecular flexibility index (Phi) is 6.71. The Bertz CT molecular complexity index is 789. The van der Waals surface area contributed by atoms with Gasteiger partial charge in [0, 0.05) is 18.8 Å². The third-order valence-corrected chi connectivity index (χ3v) is 4.92. The standard InChI is InChI=1S/C21H27N3O4/c1-3-28-19-12-15(4-6-18(19)27-2)14-24(17-8-10-22-11-9-17)20-7-5-16(13-23-20)21(25)26/h4-7,12-13,17,22H,3,8-11,14H2,1-2H3,(H,25,26). The number of nitrogens with zero attached hydrogens (tertiary/aromatic N) is 2. The van der Waals surface area contributed by atoms with E-state index in [4.69, 9.17) is 14.6 Å². The number of piperidine rings is 1. The Morgan fingerprint density at radius 2 is 2.04 bits per heavy atom. The number of hydrogen-bond acceptors (Lipinski definition) is 6. The molecule has 1 fully saturated rings. The molecule has 0 unspecified atom stereocenters. The van der Waals surface area contributed by atoms with Gasteiger partial charge in [-0.3, -0.25) is 0 Å². The summed E-state index contributed by atoms with van der Waals surface area (Å²) in [5.74, 6) is 1.25. The molecule has 0 bridgehead atoms. The zero-order valence-electron chi connectivity index (χ0n) is 16.4. The maximum atomic E-state index is 11.1. The number of aromatic nitrogens is 1. The van der Waals surface area contributed by atoms with Gasteiger partial charge < -0.3 is 24.8 Å². The van der Waals surface area contributed by atoms with E-state index < -0.39 is 5.97 Å². The SMILES string of the molecule is CCOc1cc(CN(c2ccc(C(=O)O)cn2)C2CCNCC2)ccc1OC. The van der Waals surface area contributed by atoms with Gasteiger partial charge in [0.2, 0.25) is 0 Å². The van der Waals surface area contributed by atoms with E-state index >= 15 is 0 Å². The summed E-state index contributed by atoms with van der Waals surface area (Å²) in [5, 5.41) is 12.5. The van der Waals surface area contributed by atoms with Crippen LogP contribution in [-0.4, -0.2) is 48.9 Å². The number of benzene rings is 1. The number of methoxy groups -OCH3 is 1. The van der Waals surface area contributed by atoms with Gasteiger partial charge in [-0.15, -0.1) is 0 Å². The highest BCUT2D eigenvalue weighted by Gasteiger charge is 2.23. The van der Waals surface area contributed by atoms with Crippen molar-refractivity contribution in [2.75, 3.05) is 31.7 Å². The zero-order valence-corrected chi connectivity index (χ0v) is 16.4. The molecule has 0 atom stereocenters. The first-order chi connectivity index (χ1) is 13.6. The van der Waals surface area contributed by atoms with Crippen molar-refractivity contribution in [1.82, 2.24) is 10.3 Å². The smallest absolute Gasteiger partial charge is 0.337 e. The van der Waals surface area contributed by atoms with Gasteiger partial charge in [-0.25, -0.2) is 9.78 Å². The summed E-state index contributed by atoms with van der Waals surface area (Å²) in [7, 11) is 1.63. The minimum Gasteiger partial charge on any atom is -0.493 e. The number of carbonyl (C=O) groups is 1. The molecular formula is C21H27N3O4. The fourth-order valence-electron chi connectivity index (χ4n) is 3.48. The Morgan fingerprint density at radius 3 is 2.64 bits per heavy atom. The van der Waals surface area contributed by atoms with E-state index in [-0.39, 0.29) is 5.56 Å². The molecule has 7 nitrogen and oxygen atoms in total. The quantitative estimate of drug-likeness (QED) is 0.723. The van der Waals surface area contributed by atoms with Gasteiger partial charge in [0.25, 0.3) is 0 Å². The second kappa shape index (κ2) is 9.41. The molecule has 0 saturated carbocycles. The molecule has 2 N–H and O–H groups in total. The number of pyridine rings is 1. The molecular weight excluding hydrogens is 358 g/mol. The molecule has 0 spiro atoms. The number of nitrogens with one attached hydrogen (secondary N) is 1. The molecule has 1 aliphatic rings. The third-order valence-electron chi connectivity index (χ3n) is 4.92. The summed E-state index contributed by atoms with van der Waals surface area (Å²) < 4.78 is 11.1. The number of anilines is 1. The van der Waals surface area contributed by atoms with Crippen LogP contribution in [0, 0.1) is 0 Å². The van der Waals surface area contributed by atoms with Crippen LogP contribution in [0.1, 0.15) is 35.7 Å². The largest absolute Gasteiger partial charge is 0.493 e. The minimum atomic E-state index is -0.969. The lowest BCUT2D eigenvalue weighted by atomic mass is 10.0. The summed E-state index contributed by atoms with van der Waals surface area (Å²) >= 11 is 0. The topological polar surface area (TPSA) is 83.9 Å². The predicted molar refractivity (Wildman–Crippen MR) is 107 cm³/mol. The van der Waals surface area contributed by atoms with Crippen molar-refractivity contribution in [2.24, 2.45) is 0 Å². The van der Waals surface area contributed by atoms with E-state index in [1.165, 1.54) is 6.20 Å². The van der Waals surface area contributed by atoms with Gasteiger partial charge in [0.15, 0.2) is 11.5 Å². The number of carboxylic acid groups (broad SMARTS) is 1. The van der Waals surface area contributed by atoms with Crippen molar-refractivity contribution in [1.29, 1.82) is 0 Å². The maximum Gasteiger partial charge on any atom is 0.337 e. The number of hydrogen-bond donors (Lipinski definition) is 2.